The Balaban J connectivity index is 2.16. The van der Waals surface area contributed by atoms with Crippen molar-refractivity contribution in [2.45, 2.75) is 31.0 Å². The summed E-state index contributed by atoms with van der Waals surface area (Å²) in [6.45, 7) is 0.0155. The van der Waals surface area contributed by atoms with Gasteiger partial charge < -0.3 is 10.3 Å². The highest BCUT2D eigenvalue weighted by molar-refractivity contribution is 5.80. The van der Waals surface area contributed by atoms with Crippen LogP contribution in [0.5, 0.6) is 0 Å². The Bertz CT molecular complexity index is 731. The van der Waals surface area contributed by atoms with Crippen LogP contribution in [0.4, 0.5) is 30.7 Å². The number of fused-ring (bicyclic) bond motifs is 1. The van der Waals surface area contributed by atoms with Crippen molar-refractivity contribution in [3.05, 3.63) is 29.1 Å². The van der Waals surface area contributed by atoms with E-state index < -0.39 is 41.2 Å². The number of H-pyrrole nitrogens is 1. The van der Waals surface area contributed by atoms with Crippen LogP contribution < -0.4 is 5.32 Å². The molecule has 0 spiro atoms. The molecule has 10 heteroatoms. The molecule has 1 aromatic heterocycles. The van der Waals surface area contributed by atoms with E-state index >= 15 is 0 Å². The number of aromatic amines is 1. The summed E-state index contributed by atoms with van der Waals surface area (Å²) in [4.78, 5) is 6.19. The first-order valence-electron chi connectivity index (χ1n) is 6.61. The number of halogens is 7. The van der Waals surface area contributed by atoms with E-state index in [1.54, 1.807) is 0 Å². The molecule has 23 heavy (non-hydrogen) atoms. The van der Waals surface area contributed by atoms with Crippen LogP contribution in [0, 0.1) is 0 Å². The zero-order valence-corrected chi connectivity index (χ0v) is 11.3. The molecule has 0 saturated carbocycles. The monoisotopic (exact) mass is 341 g/mol. The fourth-order valence-electron chi connectivity index (χ4n) is 2.58. The third-order valence-electron chi connectivity index (χ3n) is 3.64. The van der Waals surface area contributed by atoms with Crippen molar-refractivity contribution in [2.24, 2.45) is 0 Å². The zero-order chi connectivity index (χ0) is 17.0. The number of hydrogen-bond donors (Lipinski definition) is 2. The van der Waals surface area contributed by atoms with Crippen LogP contribution in [-0.4, -0.2) is 22.7 Å². The Kier molecular flexibility index (Phi) is 3.54. The van der Waals surface area contributed by atoms with Gasteiger partial charge in [-0.2, -0.15) is 26.3 Å². The van der Waals surface area contributed by atoms with E-state index in [1.807, 2.05) is 0 Å². The Morgan fingerprint density at radius 2 is 1.74 bits per heavy atom. The summed E-state index contributed by atoms with van der Waals surface area (Å²) in [5.74, 6) is -0.00928. The SMILES string of the molecule is F[C@@H]1CNC(c2nc3c(C(F)(F)F)cc(C(F)(F)F)cc3[nH]2)C1. The van der Waals surface area contributed by atoms with Gasteiger partial charge in [0.15, 0.2) is 0 Å². The quantitative estimate of drug-likeness (QED) is 0.771. The predicted octanol–water partition coefficient (Wildman–Crippen LogP) is 3.97. The molecule has 3 rings (SSSR count). The molecule has 3 nitrogen and oxygen atoms in total. The van der Waals surface area contributed by atoms with Crippen molar-refractivity contribution in [3.8, 4) is 0 Å². The lowest BCUT2D eigenvalue weighted by Crippen LogP contribution is -2.15. The van der Waals surface area contributed by atoms with Gasteiger partial charge in [0.05, 0.1) is 22.7 Å². The van der Waals surface area contributed by atoms with Gasteiger partial charge in [-0.3, -0.25) is 0 Å². The van der Waals surface area contributed by atoms with Gasteiger partial charge in [-0.05, 0) is 12.1 Å². The zero-order valence-electron chi connectivity index (χ0n) is 11.3. The van der Waals surface area contributed by atoms with Crippen molar-refractivity contribution < 1.29 is 30.7 Å². The minimum atomic E-state index is -4.99. The maximum atomic E-state index is 13.2. The normalized spacial score (nSPS) is 22.9. The molecule has 0 bridgehead atoms. The van der Waals surface area contributed by atoms with Crippen molar-refractivity contribution in [2.75, 3.05) is 6.54 Å². The minimum absolute atomic E-state index is 0.00665. The molecule has 2 aromatic rings. The first kappa shape index (κ1) is 16.0. The number of benzene rings is 1. The summed E-state index contributed by atoms with van der Waals surface area (Å²) in [6.07, 6.45) is -11.1. The number of hydrogen-bond acceptors (Lipinski definition) is 2. The van der Waals surface area contributed by atoms with Gasteiger partial charge >= 0.3 is 12.4 Å². The standard InChI is InChI=1S/C13H10F7N3/c14-6-3-9(21-4-6)11-22-8-2-5(12(15,16)17)1-7(10(8)23-11)13(18,19)20/h1-2,6,9,21H,3-4H2,(H,22,23)/t6-,9?/m0/s1. The van der Waals surface area contributed by atoms with Crippen LogP contribution in [0.3, 0.4) is 0 Å². The molecule has 1 aliphatic heterocycles. The van der Waals surface area contributed by atoms with Crippen LogP contribution >= 0.6 is 0 Å². The molecule has 0 amide bonds. The van der Waals surface area contributed by atoms with Crippen LogP contribution in [0.1, 0.15) is 29.4 Å². The number of aromatic nitrogens is 2. The van der Waals surface area contributed by atoms with Gasteiger partial charge in [-0.1, -0.05) is 0 Å². The van der Waals surface area contributed by atoms with E-state index in [9.17, 15) is 30.7 Å². The lowest BCUT2D eigenvalue weighted by Gasteiger charge is -2.11. The fourth-order valence-corrected chi connectivity index (χ4v) is 2.58. The van der Waals surface area contributed by atoms with Gasteiger partial charge in [0.1, 0.15) is 17.5 Å². The molecular formula is C13H10F7N3. The van der Waals surface area contributed by atoms with Crippen LogP contribution in [-0.2, 0) is 12.4 Å². The summed E-state index contributed by atoms with van der Waals surface area (Å²) in [5.41, 5.74) is -3.88. The molecule has 1 aliphatic rings. The first-order valence-corrected chi connectivity index (χ1v) is 6.61. The Hall–Kier alpha value is -1.84. The molecule has 2 heterocycles. The number of nitrogens with one attached hydrogen (secondary N) is 2. The highest BCUT2D eigenvalue weighted by atomic mass is 19.4. The van der Waals surface area contributed by atoms with Crippen molar-refractivity contribution in [1.82, 2.24) is 15.3 Å². The fraction of sp³-hybridized carbons (Fsp3) is 0.462. The molecule has 126 valence electrons. The number of nitrogens with zero attached hydrogens (tertiary/aromatic N) is 1. The van der Waals surface area contributed by atoms with Crippen LogP contribution in [0.25, 0.3) is 11.0 Å². The maximum Gasteiger partial charge on any atom is 0.418 e. The topological polar surface area (TPSA) is 40.7 Å². The highest BCUT2D eigenvalue weighted by Gasteiger charge is 2.39. The predicted molar refractivity (Wildman–Crippen MR) is 66.4 cm³/mol. The summed E-state index contributed by atoms with van der Waals surface area (Å²) in [7, 11) is 0. The van der Waals surface area contributed by atoms with E-state index in [4.69, 9.17) is 0 Å². The molecule has 1 saturated heterocycles. The number of alkyl halides is 7. The summed E-state index contributed by atoms with van der Waals surface area (Å²) < 4.78 is 90.6. The second-order valence-electron chi connectivity index (χ2n) is 5.33. The minimum Gasteiger partial charge on any atom is -0.341 e. The average Bonchev–Trinajstić information content (AvgIpc) is 3.00. The number of rotatable bonds is 1. The largest absolute Gasteiger partial charge is 0.418 e. The summed E-state index contributed by atoms with van der Waals surface area (Å²) in [6, 6.07) is -0.0523. The van der Waals surface area contributed by atoms with Crippen molar-refractivity contribution in [3.63, 3.8) is 0 Å². The smallest absolute Gasteiger partial charge is 0.341 e. The molecule has 0 aliphatic carbocycles. The second-order valence-corrected chi connectivity index (χ2v) is 5.33. The van der Waals surface area contributed by atoms with Gasteiger partial charge in [0.25, 0.3) is 0 Å². The average molecular weight is 341 g/mol. The third-order valence-corrected chi connectivity index (χ3v) is 3.64. The molecule has 2 atom stereocenters. The molecule has 2 N–H and O–H groups in total. The van der Waals surface area contributed by atoms with Crippen molar-refractivity contribution in [1.29, 1.82) is 0 Å². The van der Waals surface area contributed by atoms with Gasteiger partial charge in [0.2, 0.25) is 0 Å². The Morgan fingerprint density at radius 3 is 2.26 bits per heavy atom. The van der Waals surface area contributed by atoms with E-state index in [0.29, 0.717) is 6.07 Å². The summed E-state index contributed by atoms with van der Waals surface area (Å²) in [5, 5.41) is 2.71. The third kappa shape index (κ3) is 2.99. The van der Waals surface area contributed by atoms with E-state index in [0.717, 1.165) is 0 Å². The number of imidazole rings is 1. The van der Waals surface area contributed by atoms with E-state index in [1.165, 1.54) is 0 Å². The maximum absolute atomic E-state index is 13.2. The van der Waals surface area contributed by atoms with Gasteiger partial charge in [0, 0.05) is 13.0 Å². The molecular weight excluding hydrogens is 331 g/mol. The van der Waals surface area contributed by atoms with Gasteiger partial charge in [-0.15, -0.1) is 0 Å². The molecule has 0 radical (unpaired) electrons. The molecule has 1 fully saturated rings. The van der Waals surface area contributed by atoms with Gasteiger partial charge in [-0.25, -0.2) is 9.37 Å². The Morgan fingerprint density at radius 1 is 1.04 bits per heavy atom. The molecule has 1 aromatic carbocycles. The second kappa shape index (κ2) is 5.08. The Labute approximate surface area is 124 Å². The summed E-state index contributed by atoms with van der Waals surface area (Å²) >= 11 is 0. The first-order chi connectivity index (χ1) is 10.6. The van der Waals surface area contributed by atoms with E-state index in [-0.39, 0.29) is 30.4 Å². The van der Waals surface area contributed by atoms with Crippen LogP contribution in [0.15, 0.2) is 12.1 Å². The van der Waals surface area contributed by atoms with Crippen molar-refractivity contribution >= 4 is 11.0 Å². The highest BCUT2D eigenvalue weighted by Crippen LogP contribution is 2.40. The van der Waals surface area contributed by atoms with E-state index in [2.05, 4.69) is 15.3 Å². The van der Waals surface area contributed by atoms with Crippen LogP contribution in [0.2, 0.25) is 0 Å². The molecule has 1 unspecified atom stereocenters. The lowest BCUT2D eigenvalue weighted by molar-refractivity contribution is -0.142. The lowest BCUT2D eigenvalue weighted by atomic mass is 10.1.